The van der Waals surface area contributed by atoms with Gasteiger partial charge in [0.25, 0.3) is 0 Å². The Balaban J connectivity index is 0.000000272. The van der Waals surface area contributed by atoms with Crippen LogP contribution in [-0.2, 0) is 9.59 Å². The molecular weight excluding hydrogens is 256 g/mol. The maximum atomic E-state index is 9.10. The van der Waals surface area contributed by atoms with E-state index in [-0.39, 0.29) is 0 Å². The summed E-state index contributed by atoms with van der Waals surface area (Å²) in [7, 11) is 0. The minimum absolute atomic E-state index is 1.32. The largest absolute Gasteiger partial charge is 0.473 e. The molecule has 2 aromatic carbocycles. The lowest BCUT2D eigenvalue weighted by molar-refractivity contribution is -0.159. The fourth-order valence-corrected chi connectivity index (χ4v) is 1.07. The van der Waals surface area contributed by atoms with Crippen molar-refractivity contribution in [1.82, 2.24) is 0 Å². The molecule has 0 amide bonds. The molecule has 0 aliphatic rings. The van der Waals surface area contributed by atoms with E-state index in [1.165, 1.54) is 11.1 Å². The van der Waals surface area contributed by atoms with Crippen LogP contribution in [0.1, 0.15) is 11.1 Å². The summed E-state index contributed by atoms with van der Waals surface area (Å²) in [6.07, 6.45) is 0. The second-order valence-corrected chi connectivity index (χ2v) is 3.92. The van der Waals surface area contributed by atoms with E-state index in [1.807, 2.05) is 36.4 Å². The third kappa shape index (κ3) is 10.5. The molecule has 0 atom stereocenters. The van der Waals surface area contributed by atoms with Gasteiger partial charge in [-0.05, 0) is 13.8 Å². The summed E-state index contributed by atoms with van der Waals surface area (Å²) in [5.41, 5.74) is 2.64. The van der Waals surface area contributed by atoms with Crippen LogP contribution in [-0.4, -0.2) is 22.2 Å². The van der Waals surface area contributed by atoms with Crippen molar-refractivity contribution < 1.29 is 19.8 Å². The van der Waals surface area contributed by atoms with Gasteiger partial charge in [-0.25, -0.2) is 9.59 Å². The fourth-order valence-electron chi connectivity index (χ4n) is 1.07. The molecule has 0 unspecified atom stereocenters. The van der Waals surface area contributed by atoms with Crippen molar-refractivity contribution >= 4 is 11.9 Å². The van der Waals surface area contributed by atoms with Crippen LogP contribution in [0.15, 0.2) is 60.7 Å². The van der Waals surface area contributed by atoms with Crippen molar-refractivity contribution in [3.8, 4) is 0 Å². The van der Waals surface area contributed by atoms with Gasteiger partial charge in [0.1, 0.15) is 0 Å². The quantitative estimate of drug-likeness (QED) is 0.724. The third-order valence-corrected chi connectivity index (χ3v) is 2.06. The van der Waals surface area contributed by atoms with Crippen molar-refractivity contribution in [1.29, 1.82) is 0 Å². The Bertz CT molecular complexity index is 457. The first-order valence-electron chi connectivity index (χ1n) is 5.93. The van der Waals surface area contributed by atoms with E-state index in [9.17, 15) is 0 Å². The molecule has 2 aromatic rings. The number of hydrogen-bond donors (Lipinski definition) is 2. The lowest BCUT2D eigenvalue weighted by atomic mass is 10.2. The van der Waals surface area contributed by atoms with Gasteiger partial charge in [-0.3, -0.25) is 0 Å². The van der Waals surface area contributed by atoms with Gasteiger partial charge in [-0.1, -0.05) is 71.8 Å². The third-order valence-electron chi connectivity index (χ3n) is 2.06. The molecule has 4 nitrogen and oxygen atoms in total. The maximum absolute atomic E-state index is 9.10. The molecule has 4 heteroatoms. The van der Waals surface area contributed by atoms with Gasteiger partial charge in [0.05, 0.1) is 0 Å². The highest BCUT2D eigenvalue weighted by molar-refractivity contribution is 6.27. The zero-order chi connectivity index (χ0) is 15.4. The minimum Gasteiger partial charge on any atom is -0.473 e. The highest BCUT2D eigenvalue weighted by Gasteiger charge is 2.04. The molecule has 0 aliphatic carbocycles. The Morgan fingerprint density at radius 1 is 0.650 bits per heavy atom. The van der Waals surface area contributed by atoms with Gasteiger partial charge >= 0.3 is 11.9 Å². The van der Waals surface area contributed by atoms with Crippen LogP contribution in [0.25, 0.3) is 0 Å². The zero-order valence-electron chi connectivity index (χ0n) is 11.5. The van der Waals surface area contributed by atoms with Crippen LogP contribution in [0, 0.1) is 13.8 Å². The van der Waals surface area contributed by atoms with Gasteiger partial charge in [0, 0.05) is 0 Å². The number of carbonyl (C=O) groups is 2. The summed E-state index contributed by atoms with van der Waals surface area (Å²) in [5.74, 6) is -3.65. The summed E-state index contributed by atoms with van der Waals surface area (Å²) in [6, 6.07) is 20.5. The normalized spacial score (nSPS) is 8.30. The van der Waals surface area contributed by atoms with Gasteiger partial charge in [0.2, 0.25) is 0 Å². The van der Waals surface area contributed by atoms with Crippen molar-refractivity contribution in [2.75, 3.05) is 0 Å². The van der Waals surface area contributed by atoms with Gasteiger partial charge in [-0.2, -0.15) is 0 Å². The summed E-state index contributed by atoms with van der Waals surface area (Å²) in [5, 5.41) is 14.8. The fraction of sp³-hybridized carbons (Fsp3) is 0.125. The Hall–Kier alpha value is -2.62. The smallest absolute Gasteiger partial charge is 0.414 e. The lowest BCUT2D eigenvalue weighted by Gasteiger charge is -1.82. The van der Waals surface area contributed by atoms with Crippen LogP contribution in [0.3, 0.4) is 0 Å². The summed E-state index contributed by atoms with van der Waals surface area (Å²) >= 11 is 0. The first kappa shape index (κ1) is 17.4. The van der Waals surface area contributed by atoms with Crippen molar-refractivity contribution in [3.63, 3.8) is 0 Å². The van der Waals surface area contributed by atoms with E-state index >= 15 is 0 Å². The van der Waals surface area contributed by atoms with Crippen LogP contribution in [0.2, 0.25) is 0 Å². The van der Waals surface area contributed by atoms with Crippen LogP contribution >= 0.6 is 0 Å². The van der Waals surface area contributed by atoms with Gasteiger partial charge in [-0.15, -0.1) is 0 Å². The van der Waals surface area contributed by atoms with Crippen LogP contribution in [0.4, 0.5) is 0 Å². The van der Waals surface area contributed by atoms with E-state index in [2.05, 4.69) is 38.1 Å². The van der Waals surface area contributed by atoms with Crippen LogP contribution < -0.4 is 0 Å². The summed E-state index contributed by atoms with van der Waals surface area (Å²) < 4.78 is 0. The molecule has 0 bridgehead atoms. The molecule has 0 aliphatic heterocycles. The highest BCUT2D eigenvalue weighted by atomic mass is 16.4. The van der Waals surface area contributed by atoms with Gasteiger partial charge < -0.3 is 10.2 Å². The summed E-state index contributed by atoms with van der Waals surface area (Å²) in [4.78, 5) is 18.2. The SMILES string of the molecule is Cc1ccccc1.Cc1ccccc1.O=C(O)C(=O)O. The number of carboxylic acids is 2. The number of carboxylic acid groups (broad SMARTS) is 2. The molecule has 0 heterocycles. The number of aliphatic carboxylic acids is 2. The lowest BCUT2D eigenvalue weighted by Crippen LogP contribution is -2.09. The monoisotopic (exact) mass is 274 g/mol. The Morgan fingerprint density at radius 3 is 1.00 bits per heavy atom. The minimum atomic E-state index is -1.82. The Morgan fingerprint density at radius 2 is 0.900 bits per heavy atom. The molecule has 106 valence electrons. The van der Waals surface area contributed by atoms with Crippen molar-refractivity contribution in [3.05, 3.63) is 71.8 Å². The second-order valence-electron chi connectivity index (χ2n) is 3.92. The Kier molecular flexibility index (Phi) is 8.96. The molecule has 0 aromatic heterocycles. The number of hydrogen-bond acceptors (Lipinski definition) is 2. The molecule has 0 fully saturated rings. The summed E-state index contributed by atoms with van der Waals surface area (Å²) in [6.45, 7) is 4.17. The van der Waals surface area contributed by atoms with E-state index in [0.29, 0.717) is 0 Å². The zero-order valence-corrected chi connectivity index (χ0v) is 11.5. The molecule has 20 heavy (non-hydrogen) atoms. The number of aryl methyl sites for hydroxylation is 2. The molecule has 0 saturated carbocycles. The van der Waals surface area contributed by atoms with Crippen molar-refractivity contribution in [2.45, 2.75) is 13.8 Å². The molecule has 0 radical (unpaired) electrons. The van der Waals surface area contributed by atoms with E-state index < -0.39 is 11.9 Å². The van der Waals surface area contributed by atoms with Gasteiger partial charge in [0.15, 0.2) is 0 Å². The van der Waals surface area contributed by atoms with Crippen LogP contribution in [0.5, 0.6) is 0 Å². The van der Waals surface area contributed by atoms with Crippen molar-refractivity contribution in [2.24, 2.45) is 0 Å². The Labute approximate surface area is 118 Å². The predicted octanol–water partition coefficient (Wildman–Crippen LogP) is 3.15. The topological polar surface area (TPSA) is 74.6 Å². The second kappa shape index (κ2) is 10.3. The van der Waals surface area contributed by atoms with E-state index in [4.69, 9.17) is 19.8 Å². The average Bonchev–Trinajstić information content (AvgIpc) is 2.42. The highest BCUT2D eigenvalue weighted by Crippen LogP contribution is 1.92. The standard InChI is InChI=1S/2C7H8.C2H2O4/c2*1-7-5-3-2-4-6-7;3-1(4)2(5)6/h2*2-6H,1H3;(H,3,4)(H,5,6). The molecule has 2 N–H and O–H groups in total. The molecular formula is C16H18O4. The number of benzene rings is 2. The molecule has 0 spiro atoms. The molecule has 2 rings (SSSR count). The average molecular weight is 274 g/mol. The first-order valence-corrected chi connectivity index (χ1v) is 5.93. The number of rotatable bonds is 0. The maximum Gasteiger partial charge on any atom is 0.414 e. The molecule has 0 saturated heterocycles. The predicted molar refractivity (Wildman–Crippen MR) is 77.6 cm³/mol. The first-order chi connectivity index (χ1) is 9.43. The van der Waals surface area contributed by atoms with E-state index in [0.717, 1.165) is 0 Å². The van der Waals surface area contributed by atoms with E-state index in [1.54, 1.807) is 0 Å².